The second-order valence-electron chi connectivity index (χ2n) is 10.6. The molecule has 40 heavy (non-hydrogen) atoms. The molecule has 11 heteroatoms. The molecule has 0 radical (unpaired) electrons. The topological polar surface area (TPSA) is 77.2 Å². The Morgan fingerprint density at radius 3 is 2.52 bits per heavy atom. The quantitative estimate of drug-likeness (QED) is 0.354. The van der Waals surface area contributed by atoms with Gasteiger partial charge in [0.2, 0.25) is 0 Å². The Hall–Kier alpha value is -3.89. The van der Waals surface area contributed by atoms with Gasteiger partial charge in [0.05, 0.1) is 6.04 Å². The van der Waals surface area contributed by atoms with Crippen LogP contribution < -0.4 is 5.32 Å². The van der Waals surface area contributed by atoms with Gasteiger partial charge in [-0.25, -0.2) is 4.39 Å². The number of halogens is 4. The van der Waals surface area contributed by atoms with Crippen molar-refractivity contribution < 1.29 is 22.4 Å². The van der Waals surface area contributed by atoms with Gasteiger partial charge in [-0.3, -0.25) is 14.9 Å². The fourth-order valence-electron chi connectivity index (χ4n) is 5.16. The number of carbonyl (C=O) groups is 1. The fraction of sp³-hybridized carbons (Fsp3) is 0.414. The standard InChI is InChI=1S/C29H32F4N6O/c1-4-39-16-23(26(36-39)29(31,32)33)21-12-18(15-38-10-9-37(3)28(38)34)13-22(14-21)27(40)35-25(19-5-6-19)20-7-8-24(30)17(2)11-20/h7-8,11-14,16,19,25,34H,4-6,9-10,15H2,1-3H3,(H,35,40). The molecule has 1 saturated heterocycles. The summed E-state index contributed by atoms with van der Waals surface area (Å²) in [4.78, 5) is 17.3. The number of hydrogen-bond acceptors (Lipinski definition) is 3. The van der Waals surface area contributed by atoms with Gasteiger partial charge in [0.1, 0.15) is 5.82 Å². The van der Waals surface area contributed by atoms with Gasteiger partial charge >= 0.3 is 6.18 Å². The average Bonchev–Trinajstić information content (AvgIpc) is 3.57. The molecule has 1 saturated carbocycles. The highest BCUT2D eigenvalue weighted by molar-refractivity contribution is 5.96. The molecule has 1 unspecified atom stereocenters. The Labute approximate surface area is 230 Å². The summed E-state index contributed by atoms with van der Waals surface area (Å²) >= 11 is 0. The number of aryl methyl sites for hydroxylation is 2. The number of nitrogens with zero attached hydrogens (tertiary/aromatic N) is 4. The number of amides is 1. The maximum atomic E-state index is 14.0. The molecular weight excluding hydrogens is 524 g/mol. The van der Waals surface area contributed by atoms with E-state index in [0.717, 1.165) is 18.4 Å². The maximum absolute atomic E-state index is 14.0. The third-order valence-electron chi connectivity index (χ3n) is 7.58. The minimum absolute atomic E-state index is 0.105. The number of benzene rings is 2. The summed E-state index contributed by atoms with van der Waals surface area (Å²) in [5.41, 5.74) is 1.22. The van der Waals surface area contributed by atoms with Crippen LogP contribution >= 0.6 is 0 Å². The van der Waals surface area contributed by atoms with E-state index < -0.39 is 17.8 Å². The number of likely N-dealkylation sites (N-methyl/N-ethyl adjacent to an activating group) is 1. The van der Waals surface area contributed by atoms with Gasteiger partial charge in [-0.1, -0.05) is 12.1 Å². The minimum Gasteiger partial charge on any atom is -0.345 e. The Bertz CT molecular complexity index is 1440. The van der Waals surface area contributed by atoms with E-state index in [2.05, 4.69) is 10.4 Å². The second kappa shape index (κ2) is 10.6. The van der Waals surface area contributed by atoms with E-state index in [1.165, 1.54) is 23.0 Å². The minimum atomic E-state index is -4.68. The summed E-state index contributed by atoms with van der Waals surface area (Å²) in [6, 6.07) is 9.21. The van der Waals surface area contributed by atoms with Crippen LogP contribution in [0.25, 0.3) is 11.1 Å². The van der Waals surface area contributed by atoms with E-state index in [0.29, 0.717) is 30.2 Å². The predicted octanol–water partition coefficient (Wildman–Crippen LogP) is 5.60. The third kappa shape index (κ3) is 5.68. The van der Waals surface area contributed by atoms with Crippen molar-refractivity contribution in [1.82, 2.24) is 24.9 Å². The van der Waals surface area contributed by atoms with Crippen LogP contribution in [0.15, 0.2) is 42.6 Å². The Kier molecular flexibility index (Phi) is 7.32. The maximum Gasteiger partial charge on any atom is 0.435 e. The summed E-state index contributed by atoms with van der Waals surface area (Å²) in [6.07, 6.45) is -1.49. The fourth-order valence-corrected chi connectivity index (χ4v) is 5.16. The molecule has 1 amide bonds. The summed E-state index contributed by atoms with van der Waals surface area (Å²) in [5, 5.41) is 15.1. The molecule has 1 aliphatic heterocycles. The van der Waals surface area contributed by atoms with Crippen LogP contribution in [0, 0.1) is 24.1 Å². The van der Waals surface area contributed by atoms with Crippen molar-refractivity contribution in [2.75, 3.05) is 20.1 Å². The highest BCUT2D eigenvalue weighted by Crippen LogP contribution is 2.42. The van der Waals surface area contributed by atoms with Crippen LogP contribution in [-0.2, 0) is 19.3 Å². The lowest BCUT2D eigenvalue weighted by atomic mass is 9.97. The summed E-state index contributed by atoms with van der Waals surface area (Å²) in [5.74, 6) is -0.233. The van der Waals surface area contributed by atoms with Crippen molar-refractivity contribution in [3.8, 4) is 11.1 Å². The van der Waals surface area contributed by atoms with E-state index >= 15 is 0 Å². The Morgan fingerprint density at radius 2 is 1.93 bits per heavy atom. The summed E-state index contributed by atoms with van der Waals surface area (Å²) < 4.78 is 57.0. The molecule has 2 aliphatic rings. The lowest BCUT2D eigenvalue weighted by Crippen LogP contribution is -2.31. The van der Waals surface area contributed by atoms with Gasteiger partial charge in [0.25, 0.3) is 5.91 Å². The van der Waals surface area contributed by atoms with Gasteiger partial charge in [0.15, 0.2) is 11.7 Å². The third-order valence-corrected chi connectivity index (χ3v) is 7.58. The molecule has 1 atom stereocenters. The lowest BCUT2D eigenvalue weighted by Gasteiger charge is -2.22. The van der Waals surface area contributed by atoms with Crippen LogP contribution in [0.3, 0.4) is 0 Å². The Morgan fingerprint density at radius 1 is 1.18 bits per heavy atom. The number of aromatic nitrogens is 2. The van der Waals surface area contributed by atoms with Crippen LogP contribution in [-0.4, -0.2) is 51.6 Å². The van der Waals surface area contributed by atoms with Crippen LogP contribution in [0.2, 0.25) is 0 Å². The number of rotatable bonds is 8. The molecule has 2 heterocycles. The molecule has 2 aromatic carbocycles. The first-order chi connectivity index (χ1) is 18.9. The van der Waals surface area contributed by atoms with E-state index in [1.54, 1.807) is 43.0 Å². The van der Waals surface area contributed by atoms with Gasteiger partial charge in [0, 0.05) is 50.6 Å². The SMILES string of the molecule is CCn1cc(-c2cc(CN3CCN(C)C3=N)cc(C(=O)NC(c3ccc(F)c(C)c3)C3CC3)c2)c(C(F)(F)F)n1. The normalized spacial score (nSPS) is 16.5. The summed E-state index contributed by atoms with van der Waals surface area (Å²) in [6.45, 7) is 5.15. The highest BCUT2D eigenvalue weighted by Gasteiger charge is 2.38. The Balaban J connectivity index is 1.53. The lowest BCUT2D eigenvalue weighted by molar-refractivity contribution is -0.141. The zero-order valence-electron chi connectivity index (χ0n) is 22.6. The molecule has 1 aromatic heterocycles. The smallest absolute Gasteiger partial charge is 0.345 e. The van der Waals surface area contributed by atoms with E-state index in [9.17, 15) is 22.4 Å². The number of nitrogens with one attached hydrogen (secondary N) is 2. The number of alkyl halides is 3. The number of carbonyl (C=O) groups excluding carboxylic acids is 1. The van der Waals surface area contributed by atoms with Crippen molar-refractivity contribution >= 4 is 11.9 Å². The molecule has 7 nitrogen and oxygen atoms in total. The average molecular weight is 557 g/mol. The molecule has 2 N–H and O–H groups in total. The summed E-state index contributed by atoms with van der Waals surface area (Å²) in [7, 11) is 1.81. The molecule has 212 valence electrons. The van der Waals surface area contributed by atoms with Crippen molar-refractivity contribution in [3.63, 3.8) is 0 Å². The van der Waals surface area contributed by atoms with Gasteiger partial charge < -0.3 is 15.1 Å². The number of guanidine groups is 1. The van der Waals surface area contributed by atoms with E-state index in [1.807, 2.05) is 11.9 Å². The first kappa shape index (κ1) is 27.7. The van der Waals surface area contributed by atoms with Gasteiger partial charge in [-0.15, -0.1) is 0 Å². The number of hydrogen-bond donors (Lipinski definition) is 2. The van der Waals surface area contributed by atoms with Crippen LogP contribution in [0.5, 0.6) is 0 Å². The second-order valence-corrected chi connectivity index (χ2v) is 10.6. The van der Waals surface area contributed by atoms with Gasteiger partial charge in [-0.05, 0) is 79.1 Å². The van der Waals surface area contributed by atoms with Crippen LogP contribution in [0.4, 0.5) is 17.6 Å². The molecule has 5 rings (SSSR count). The largest absolute Gasteiger partial charge is 0.435 e. The van der Waals surface area contributed by atoms with Crippen LogP contribution in [0.1, 0.15) is 58.5 Å². The zero-order chi connectivity index (χ0) is 28.8. The van der Waals surface area contributed by atoms with Crippen molar-refractivity contribution in [2.45, 2.75) is 52.0 Å². The van der Waals surface area contributed by atoms with Crippen molar-refractivity contribution in [1.29, 1.82) is 5.41 Å². The molecule has 1 aliphatic carbocycles. The van der Waals surface area contributed by atoms with E-state index in [4.69, 9.17) is 5.41 Å². The predicted molar refractivity (Wildman–Crippen MR) is 143 cm³/mol. The van der Waals surface area contributed by atoms with E-state index in [-0.39, 0.29) is 47.6 Å². The molecule has 2 fully saturated rings. The molecule has 3 aromatic rings. The van der Waals surface area contributed by atoms with Gasteiger partial charge in [-0.2, -0.15) is 18.3 Å². The molecular formula is C29H32F4N6O. The molecule has 0 bridgehead atoms. The van der Waals surface area contributed by atoms with Crippen molar-refractivity contribution in [2.24, 2.45) is 5.92 Å². The monoisotopic (exact) mass is 556 g/mol. The molecule has 0 spiro atoms. The zero-order valence-corrected chi connectivity index (χ0v) is 22.6. The van der Waals surface area contributed by atoms with Crippen molar-refractivity contribution in [3.05, 3.63) is 76.4 Å². The first-order valence-corrected chi connectivity index (χ1v) is 13.3. The first-order valence-electron chi connectivity index (χ1n) is 13.3. The highest BCUT2D eigenvalue weighted by atomic mass is 19.4.